The maximum absolute atomic E-state index is 12.5. The Morgan fingerprint density at radius 3 is 2.45 bits per heavy atom. The molecule has 0 saturated carbocycles. The molecule has 0 spiro atoms. The highest BCUT2D eigenvalue weighted by atomic mass is 32.2. The minimum absolute atomic E-state index is 0.179. The van der Waals surface area contributed by atoms with Crippen LogP contribution in [0.4, 0.5) is 11.5 Å². The molecular weight excluding hydrogens is 278 g/mol. The van der Waals surface area contributed by atoms with Crippen LogP contribution in [0.15, 0.2) is 17.2 Å². The third-order valence-corrected chi connectivity index (χ3v) is 4.63. The van der Waals surface area contributed by atoms with Gasteiger partial charge in [0.2, 0.25) is 0 Å². The lowest BCUT2D eigenvalue weighted by molar-refractivity contribution is 0.599. The molecule has 8 heteroatoms. The number of nitrogen functional groups attached to an aromatic ring is 1. The summed E-state index contributed by atoms with van der Waals surface area (Å²) in [5.41, 5.74) is 7.77. The van der Waals surface area contributed by atoms with Gasteiger partial charge < -0.3 is 5.73 Å². The van der Waals surface area contributed by atoms with E-state index >= 15 is 0 Å². The lowest BCUT2D eigenvalue weighted by Gasteiger charge is -2.10. The topological polar surface area (TPSA) is 103 Å². The summed E-state index contributed by atoms with van der Waals surface area (Å²) >= 11 is 0. The first-order valence-corrected chi connectivity index (χ1v) is 7.46. The number of sulfonamides is 1. The summed E-state index contributed by atoms with van der Waals surface area (Å²) in [6.07, 6.45) is 1.41. The van der Waals surface area contributed by atoms with E-state index in [0.717, 1.165) is 0 Å². The van der Waals surface area contributed by atoms with E-state index in [1.54, 1.807) is 33.9 Å². The third-order valence-electron chi connectivity index (χ3n) is 3.04. The fraction of sp³-hybridized carbons (Fsp3) is 0.333. The second-order valence-electron chi connectivity index (χ2n) is 4.66. The van der Waals surface area contributed by atoms with Gasteiger partial charge in [-0.3, -0.25) is 9.40 Å². The quantitative estimate of drug-likeness (QED) is 0.883. The molecule has 0 aromatic carbocycles. The molecule has 2 rings (SSSR count). The maximum atomic E-state index is 12.5. The van der Waals surface area contributed by atoms with Crippen molar-refractivity contribution in [1.29, 1.82) is 0 Å². The van der Waals surface area contributed by atoms with Crippen LogP contribution >= 0.6 is 0 Å². The molecule has 2 aromatic rings. The highest BCUT2D eigenvalue weighted by Crippen LogP contribution is 2.23. The van der Waals surface area contributed by atoms with E-state index in [1.807, 2.05) is 0 Å². The van der Waals surface area contributed by atoms with Crippen molar-refractivity contribution in [1.82, 2.24) is 14.8 Å². The molecular formula is C12H17N5O2S. The molecule has 108 valence electrons. The number of nitrogens with zero attached hydrogens (tertiary/aromatic N) is 3. The van der Waals surface area contributed by atoms with Crippen LogP contribution in [0.25, 0.3) is 0 Å². The molecule has 0 bridgehead atoms. The smallest absolute Gasteiger partial charge is 0.266 e. The molecule has 3 N–H and O–H groups in total. The van der Waals surface area contributed by atoms with Crippen LogP contribution in [0, 0.1) is 20.8 Å². The van der Waals surface area contributed by atoms with Crippen LogP contribution in [0.1, 0.15) is 17.0 Å². The zero-order chi connectivity index (χ0) is 15.1. The molecule has 0 radical (unpaired) electrons. The Balaban J connectivity index is 2.46. The zero-order valence-electron chi connectivity index (χ0n) is 11.8. The van der Waals surface area contributed by atoms with Crippen molar-refractivity contribution in [2.75, 3.05) is 10.5 Å². The number of hydrogen-bond donors (Lipinski definition) is 2. The second kappa shape index (κ2) is 4.78. The zero-order valence-corrected chi connectivity index (χ0v) is 12.6. The number of aromatic nitrogens is 3. The third kappa shape index (κ3) is 2.46. The van der Waals surface area contributed by atoms with Crippen molar-refractivity contribution in [3.63, 3.8) is 0 Å². The minimum atomic E-state index is -3.73. The number of nitrogens with two attached hydrogens (primary N) is 1. The van der Waals surface area contributed by atoms with Gasteiger partial charge in [-0.25, -0.2) is 13.4 Å². The van der Waals surface area contributed by atoms with Crippen molar-refractivity contribution in [3.8, 4) is 0 Å². The Bertz CT molecular complexity index is 764. The molecule has 0 amide bonds. The monoisotopic (exact) mass is 295 g/mol. The fourth-order valence-electron chi connectivity index (χ4n) is 2.02. The van der Waals surface area contributed by atoms with Crippen molar-refractivity contribution in [3.05, 3.63) is 29.2 Å². The van der Waals surface area contributed by atoms with E-state index in [4.69, 9.17) is 5.73 Å². The first-order chi connectivity index (χ1) is 9.22. The summed E-state index contributed by atoms with van der Waals surface area (Å²) in [6, 6.07) is 1.66. The van der Waals surface area contributed by atoms with Gasteiger partial charge in [0.25, 0.3) is 10.0 Å². The Morgan fingerprint density at radius 2 is 1.95 bits per heavy atom. The first-order valence-electron chi connectivity index (χ1n) is 5.97. The highest BCUT2D eigenvalue weighted by Gasteiger charge is 2.24. The summed E-state index contributed by atoms with van der Waals surface area (Å²) in [6.45, 7) is 5.10. The summed E-state index contributed by atoms with van der Waals surface area (Å²) in [4.78, 5) is 4.19. The maximum Gasteiger partial charge on any atom is 0.266 e. The fourth-order valence-corrected chi connectivity index (χ4v) is 3.55. The predicted molar refractivity (Wildman–Crippen MR) is 76.9 cm³/mol. The van der Waals surface area contributed by atoms with Crippen LogP contribution in [0.3, 0.4) is 0 Å². The lowest BCUT2D eigenvalue weighted by Crippen LogP contribution is -2.16. The molecule has 2 aromatic heterocycles. The SMILES string of the molecule is Cc1cc(N)cnc1NS(=O)(=O)c1c(C)nn(C)c1C. The summed E-state index contributed by atoms with van der Waals surface area (Å²) in [5.74, 6) is 0.266. The molecule has 2 heterocycles. The van der Waals surface area contributed by atoms with E-state index in [2.05, 4.69) is 14.8 Å². The molecule has 0 aliphatic carbocycles. The minimum Gasteiger partial charge on any atom is -0.397 e. The number of hydrogen-bond acceptors (Lipinski definition) is 5. The summed E-state index contributed by atoms with van der Waals surface area (Å²) in [5, 5.41) is 4.11. The Morgan fingerprint density at radius 1 is 1.30 bits per heavy atom. The van der Waals surface area contributed by atoms with E-state index in [0.29, 0.717) is 22.6 Å². The van der Waals surface area contributed by atoms with Gasteiger partial charge in [0.15, 0.2) is 0 Å². The van der Waals surface area contributed by atoms with E-state index in [1.165, 1.54) is 10.9 Å². The van der Waals surface area contributed by atoms with Gasteiger partial charge in [-0.05, 0) is 32.4 Å². The highest BCUT2D eigenvalue weighted by molar-refractivity contribution is 7.92. The van der Waals surface area contributed by atoms with Gasteiger partial charge in [-0.2, -0.15) is 5.10 Å². The number of nitrogens with one attached hydrogen (secondary N) is 1. The van der Waals surface area contributed by atoms with Crippen molar-refractivity contribution >= 4 is 21.5 Å². The average molecular weight is 295 g/mol. The molecule has 20 heavy (non-hydrogen) atoms. The number of anilines is 2. The van der Waals surface area contributed by atoms with Crippen molar-refractivity contribution in [2.45, 2.75) is 25.7 Å². The first kappa shape index (κ1) is 14.3. The van der Waals surface area contributed by atoms with Crippen LogP contribution < -0.4 is 10.5 Å². The molecule has 7 nitrogen and oxygen atoms in total. The second-order valence-corrected chi connectivity index (χ2v) is 6.28. The van der Waals surface area contributed by atoms with Crippen LogP contribution in [-0.4, -0.2) is 23.2 Å². The summed E-state index contributed by atoms with van der Waals surface area (Å²) < 4.78 is 28.9. The molecule has 0 aliphatic rings. The Labute approximate surface area is 117 Å². The molecule has 0 atom stereocenters. The van der Waals surface area contributed by atoms with Gasteiger partial charge in [0, 0.05) is 7.05 Å². The largest absolute Gasteiger partial charge is 0.397 e. The normalized spacial score (nSPS) is 11.6. The average Bonchev–Trinajstić information content (AvgIpc) is 2.57. The van der Waals surface area contributed by atoms with Crippen LogP contribution in [-0.2, 0) is 17.1 Å². The van der Waals surface area contributed by atoms with Gasteiger partial charge in [-0.15, -0.1) is 0 Å². The summed E-state index contributed by atoms with van der Waals surface area (Å²) in [7, 11) is -2.02. The standard InChI is InChI=1S/C12H17N5O2S/c1-7-5-10(13)6-14-12(7)16-20(18,19)11-8(2)15-17(4)9(11)3/h5-6H,13H2,1-4H3,(H,14,16). The molecule has 0 saturated heterocycles. The van der Waals surface area contributed by atoms with Crippen molar-refractivity contribution < 1.29 is 8.42 Å². The van der Waals surface area contributed by atoms with Gasteiger partial charge in [0.05, 0.1) is 23.3 Å². The van der Waals surface area contributed by atoms with Crippen LogP contribution in [0.2, 0.25) is 0 Å². The molecule has 0 fully saturated rings. The number of aryl methyl sites for hydroxylation is 3. The number of rotatable bonds is 3. The van der Waals surface area contributed by atoms with Gasteiger partial charge >= 0.3 is 0 Å². The lowest BCUT2D eigenvalue weighted by atomic mass is 10.3. The predicted octanol–water partition coefficient (Wildman–Crippen LogP) is 1.12. The van der Waals surface area contributed by atoms with Crippen LogP contribution in [0.5, 0.6) is 0 Å². The van der Waals surface area contributed by atoms with E-state index in [-0.39, 0.29) is 10.7 Å². The Kier molecular flexibility index (Phi) is 3.43. The van der Waals surface area contributed by atoms with E-state index in [9.17, 15) is 8.42 Å². The van der Waals surface area contributed by atoms with Gasteiger partial charge in [-0.1, -0.05) is 0 Å². The number of pyridine rings is 1. The molecule has 0 aliphatic heterocycles. The van der Waals surface area contributed by atoms with E-state index < -0.39 is 10.0 Å². The van der Waals surface area contributed by atoms with Gasteiger partial charge in [0.1, 0.15) is 10.7 Å². The van der Waals surface area contributed by atoms with Crippen molar-refractivity contribution in [2.24, 2.45) is 7.05 Å². The molecule has 0 unspecified atom stereocenters. The Hall–Kier alpha value is -2.09.